The lowest BCUT2D eigenvalue weighted by molar-refractivity contribution is -0.136. The third kappa shape index (κ3) is 4.03. The van der Waals surface area contributed by atoms with E-state index >= 15 is 0 Å². The van der Waals surface area contributed by atoms with Crippen LogP contribution in [0.1, 0.15) is 19.8 Å². The third-order valence-electron chi connectivity index (χ3n) is 2.35. The van der Waals surface area contributed by atoms with Crippen LogP contribution in [-0.4, -0.2) is 31.8 Å². The van der Waals surface area contributed by atoms with Crippen LogP contribution < -0.4 is 5.32 Å². The number of para-hydroxylation sites is 1. The molecule has 0 radical (unpaired) electrons. The summed E-state index contributed by atoms with van der Waals surface area (Å²) in [5.74, 6) is -0.832. The zero-order valence-corrected chi connectivity index (χ0v) is 11.0. The molecule has 0 saturated carbocycles. The fourth-order valence-corrected chi connectivity index (χ4v) is 3.09. The van der Waals surface area contributed by atoms with E-state index in [2.05, 4.69) is 5.32 Å². The minimum absolute atomic E-state index is 0.0534. The molecule has 0 bridgehead atoms. The van der Waals surface area contributed by atoms with Gasteiger partial charge in [0.05, 0.1) is 22.8 Å². The lowest BCUT2D eigenvalue weighted by Gasteiger charge is -2.11. The highest BCUT2D eigenvalue weighted by Crippen LogP contribution is 2.22. The second-order valence-corrected chi connectivity index (χ2v) is 5.96. The number of carbonyl (C=O) groups is 1. The average molecular weight is 271 g/mol. The van der Waals surface area contributed by atoms with Gasteiger partial charge in [0.1, 0.15) is 0 Å². The smallest absolute Gasteiger partial charge is 0.305 e. The highest BCUT2D eigenvalue weighted by molar-refractivity contribution is 7.91. The number of rotatable bonds is 7. The van der Waals surface area contributed by atoms with Gasteiger partial charge in [0.15, 0.2) is 9.84 Å². The van der Waals surface area contributed by atoms with Crippen molar-refractivity contribution < 1.29 is 18.3 Å². The lowest BCUT2D eigenvalue weighted by Crippen LogP contribution is -2.12. The van der Waals surface area contributed by atoms with Gasteiger partial charge in [0.25, 0.3) is 0 Å². The predicted octanol–water partition coefficient (Wildman–Crippen LogP) is 1.76. The first kappa shape index (κ1) is 14.5. The Morgan fingerprint density at radius 2 is 2.00 bits per heavy atom. The summed E-state index contributed by atoms with van der Waals surface area (Å²) in [4.78, 5) is 10.6. The number of carboxylic acid groups (broad SMARTS) is 1. The molecule has 0 aromatic heterocycles. The molecule has 0 spiro atoms. The van der Waals surface area contributed by atoms with Crippen molar-refractivity contribution in [1.82, 2.24) is 0 Å². The van der Waals surface area contributed by atoms with E-state index in [4.69, 9.17) is 5.11 Å². The largest absolute Gasteiger partial charge is 0.481 e. The predicted molar refractivity (Wildman–Crippen MR) is 69.5 cm³/mol. The second kappa shape index (κ2) is 6.39. The van der Waals surface area contributed by atoms with Crippen LogP contribution in [0.2, 0.25) is 0 Å². The molecule has 1 aromatic carbocycles. The van der Waals surface area contributed by atoms with Gasteiger partial charge in [-0.3, -0.25) is 4.79 Å². The molecule has 0 unspecified atom stereocenters. The minimum Gasteiger partial charge on any atom is -0.481 e. The molecule has 5 nitrogen and oxygen atoms in total. The van der Waals surface area contributed by atoms with Crippen molar-refractivity contribution in [3.63, 3.8) is 0 Å². The number of nitrogens with one attached hydrogen (secondary N) is 1. The van der Waals surface area contributed by atoms with Gasteiger partial charge in [-0.15, -0.1) is 0 Å². The molecular weight excluding hydrogens is 254 g/mol. The summed E-state index contributed by atoms with van der Waals surface area (Å²) in [6, 6.07) is 6.55. The van der Waals surface area contributed by atoms with Crippen LogP contribution in [0.15, 0.2) is 29.2 Å². The summed E-state index contributed by atoms with van der Waals surface area (Å²) in [5.41, 5.74) is 0.465. The Labute approximate surface area is 107 Å². The summed E-state index contributed by atoms with van der Waals surface area (Å²) in [6.45, 7) is 2.01. The fraction of sp³-hybridized carbons (Fsp3) is 0.417. The van der Waals surface area contributed by atoms with Crippen LogP contribution in [-0.2, 0) is 14.6 Å². The molecule has 0 amide bonds. The highest BCUT2D eigenvalue weighted by atomic mass is 32.2. The van der Waals surface area contributed by atoms with Crippen molar-refractivity contribution in [3.05, 3.63) is 24.3 Å². The minimum atomic E-state index is -3.30. The van der Waals surface area contributed by atoms with Crippen LogP contribution in [0, 0.1) is 0 Å². The van der Waals surface area contributed by atoms with Crippen LogP contribution in [0.4, 0.5) is 5.69 Å². The van der Waals surface area contributed by atoms with Crippen molar-refractivity contribution >= 4 is 21.5 Å². The topological polar surface area (TPSA) is 83.5 Å². The number of sulfone groups is 1. The van der Waals surface area contributed by atoms with Crippen molar-refractivity contribution in [3.8, 4) is 0 Å². The molecule has 0 heterocycles. The second-order valence-electron chi connectivity index (χ2n) is 3.89. The Hall–Kier alpha value is -1.56. The van der Waals surface area contributed by atoms with Gasteiger partial charge >= 0.3 is 5.97 Å². The zero-order chi connectivity index (χ0) is 13.6. The number of aliphatic carboxylic acids is 1. The maximum Gasteiger partial charge on any atom is 0.305 e. The van der Waals surface area contributed by atoms with E-state index in [0.717, 1.165) is 0 Å². The van der Waals surface area contributed by atoms with Crippen LogP contribution in [0.5, 0.6) is 0 Å². The fourth-order valence-electron chi connectivity index (χ4n) is 1.57. The van der Waals surface area contributed by atoms with E-state index in [0.29, 0.717) is 12.1 Å². The van der Waals surface area contributed by atoms with Crippen molar-refractivity contribution in [2.24, 2.45) is 0 Å². The monoisotopic (exact) mass is 271 g/mol. The van der Waals surface area contributed by atoms with Gasteiger partial charge in [-0.25, -0.2) is 8.42 Å². The average Bonchev–Trinajstić information content (AvgIpc) is 2.29. The zero-order valence-electron chi connectivity index (χ0n) is 10.2. The number of hydrogen-bond acceptors (Lipinski definition) is 4. The van der Waals surface area contributed by atoms with Crippen LogP contribution in [0.3, 0.4) is 0 Å². The van der Waals surface area contributed by atoms with Crippen molar-refractivity contribution in [2.45, 2.75) is 24.7 Å². The molecule has 18 heavy (non-hydrogen) atoms. The molecular formula is C12H17NO4S. The quantitative estimate of drug-likeness (QED) is 0.789. The Balaban J connectivity index is 2.89. The van der Waals surface area contributed by atoms with Crippen molar-refractivity contribution in [2.75, 3.05) is 17.6 Å². The maximum absolute atomic E-state index is 12.0. The summed E-state index contributed by atoms with van der Waals surface area (Å²) in [6.07, 6.45) is 0.494. The SMILES string of the molecule is CCCS(=O)(=O)c1ccccc1NCCC(=O)O. The van der Waals surface area contributed by atoms with Gasteiger partial charge in [-0.1, -0.05) is 19.1 Å². The molecule has 6 heteroatoms. The number of benzene rings is 1. The molecule has 0 aliphatic carbocycles. The first-order chi connectivity index (χ1) is 8.47. The van der Waals surface area contributed by atoms with Gasteiger partial charge in [-0.2, -0.15) is 0 Å². The van der Waals surface area contributed by atoms with E-state index in [1.54, 1.807) is 25.1 Å². The molecule has 0 atom stereocenters. The van der Waals surface area contributed by atoms with E-state index in [1.165, 1.54) is 6.07 Å². The van der Waals surface area contributed by atoms with Crippen LogP contribution >= 0.6 is 0 Å². The van der Waals surface area contributed by atoms with E-state index < -0.39 is 15.8 Å². The van der Waals surface area contributed by atoms with Gasteiger partial charge in [0.2, 0.25) is 0 Å². The normalized spacial score (nSPS) is 11.2. The molecule has 100 valence electrons. The van der Waals surface area contributed by atoms with E-state index in [-0.39, 0.29) is 23.6 Å². The summed E-state index contributed by atoms with van der Waals surface area (Å²) in [7, 11) is -3.30. The molecule has 1 rings (SSSR count). The van der Waals surface area contributed by atoms with Crippen LogP contribution in [0.25, 0.3) is 0 Å². The molecule has 2 N–H and O–H groups in total. The Morgan fingerprint density at radius 1 is 1.33 bits per heavy atom. The van der Waals surface area contributed by atoms with Gasteiger partial charge in [0, 0.05) is 6.54 Å². The van der Waals surface area contributed by atoms with Gasteiger partial charge < -0.3 is 10.4 Å². The number of anilines is 1. The molecule has 0 saturated heterocycles. The van der Waals surface area contributed by atoms with E-state index in [1.807, 2.05) is 0 Å². The molecule has 0 fully saturated rings. The Bertz CT molecular complexity index is 511. The Kier molecular flexibility index (Phi) is 5.15. The third-order valence-corrected chi connectivity index (χ3v) is 4.32. The summed E-state index contributed by atoms with van der Waals surface area (Å²) in [5, 5.41) is 11.4. The first-order valence-electron chi connectivity index (χ1n) is 5.75. The maximum atomic E-state index is 12.0. The van der Waals surface area contributed by atoms with Crippen molar-refractivity contribution in [1.29, 1.82) is 0 Å². The Morgan fingerprint density at radius 3 is 2.61 bits per heavy atom. The first-order valence-corrected chi connectivity index (χ1v) is 7.40. The standard InChI is InChI=1S/C12H17NO4S/c1-2-9-18(16,17)11-6-4-3-5-10(11)13-8-7-12(14)15/h3-6,13H,2,7-9H2,1H3,(H,14,15). The summed E-state index contributed by atoms with van der Waals surface area (Å²) < 4.78 is 24.0. The molecule has 1 aromatic rings. The molecule has 0 aliphatic heterocycles. The number of carboxylic acids is 1. The molecule has 0 aliphatic rings. The van der Waals surface area contributed by atoms with E-state index in [9.17, 15) is 13.2 Å². The number of hydrogen-bond donors (Lipinski definition) is 2. The lowest BCUT2D eigenvalue weighted by atomic mass is 10.3. The summed E-state index contributed by atoms with van der Waals surface area (Å²) >= 11 is 0. The van der Waals surface area contributed by atoms with Gasteiger partial charge in [-0.05, 0) is 18.6 Å². The highest BCUT2D eigenvalue weighted by Gasteiger charge is 2.17.